The van der Waals surface area contributed by atoms with Crippen LogP contribution < -0.4 is 4.90 Å². The Morgan fingerprint density at radius 1 is 1.38 bits per heavy atom. The largest absolute Gasteiger partial charge is 0.339 e. The maximum atomic E-state index is 4.54. The highest BCUT2D eigenvalue weighted by Crippen LogP contribution is 2.19. The zero-order valence-corrected chi connectivity index (χ0v) is 10.6. The van der Waals surface area contributed by atoms with E-state index in [0.717, 1.165) is 30.3 Å². The molecule has 1 fully saturated rings. The van der Waals surface area contributed by atoms with Gasteiger partial charge in [-0.25, -0.2) is 9.97 Å². The maximum absolute atomic E-state index is 4.54. The molecule has 0 aromatic carbocycles. The fourth-order valence-electron chi connectivity index (χ4n) is 2.01. The van der Waals surface area contributed by atoms with E-state index in [4.69, 9.17) is 0 Å². The number of hydrogen-bond donors (Lipinski definition) is 0. The van der Waals surface area contributed by atoms with Crippen molar-refractivity contribution in [3.63, 3.8) is 0 Å². The Morgan fingerprint density at radius 3 is 2.69 bits per heavy atom. The topological polar surface area (TPSA) is 32.3 Å². The van der Waals surface area contributed by atoms with Gasteiger partial charge in [-0.2, -0.15) is 0 Å². The molecule has 88 valence electrons. The van der Waals surface area contributed by atoms with Gasteiger partial charge in [0, 0.05) is 31.0 Å². The van der Waals surface area contributed by atoms with E-state index in [1.54, 1.807) is 0 Å². The van der Waals surface area contributed by atoms with E-state index >= 15 is 0 Å². The van der Waals surface area contributed by atoms with Crippen LogP contribution in [0.4, 0.5) is 5.95 Å². The first kappa shape index (κ1) is 11.3. The highest BCUT2D eigenvalue weighted by Gasteiger charge is 2.25. The summed E-state index contributed by atoms with van der Waals surface area (Å²) in [5.74, 6) is 0.882. The molecular formula is C12H20N4. The van der Waals surface area contributed by atoms with Crippen LogP contribution in [0, 0.1) is 13.8 Å². The van der Waals surface area contributed by atoms with Crippen molar-refractivity contribution >= 4 is 5.95 Å². The van der Waals surface area contributed by atoms with Crippen LogP contribution in [0.15, 0.2) is 6.20 Å². The second-order valence-electron chi connectivity index (χ2n) is 4.79. The summed E-state index contributed by atoms with van der Waals surface area (Å²) in [4.78, 5) is 13.5. The summed E-state index contributed by atoms with van der Waals surface area (Å²) >= 11 is 0. The molecule has 0 spiro atoms. The molecular weight excluding hydrogens is 200 g/mol. The van der Waals surface area contributed by atoms with Gasteiger partial charge in [-0.05, 0) is 39.9 Å². The first-order valence-electron chi connectivity index (χ1n) is 5.79. The number of aryl methyl sites for hydroxylation is 2. The lowest BCUT2D eigenvalue weighted by Crippen LogP contribution is -2.32. The van der Waals surface area contributed by atoms with Crippen LogP contribution in [0.25, 0.3) is 0 Å². The highest BCUT2D eigenvalue weighted by molar-refractivity contribution is 5.34. The Kier molecular flexibility index (Phi) is 3.10. The molecule has 4 heteroatoms. The molecule has 2 rings (SSSR count). The van der Waals surface area contributed by atoms with Gasteiger partial charge in [0.15, 0.2) is 0 Å². The van der Waals surface area contributed by atoms with Crippen molar-refractivity contribution in [2.45, 2.75) is 26.3 Å². The first-order chi connectivity index (χ1) is 7.58. The van der Waals surface area contributed by atoms with Crippen molar-refractivity contribution in [2.24, 2.45) is 0 Å². The van der Waals surface area contributed by atoms with Crippen molar-refractivity contribution in [2.75, 3.05) is 32.1 Å². The van der Waals surface area contributed by atoms with Crippen molar-refractivity contribution in [1.82, 2.24) is 14.9 Å². The molecule has 0 radical (unpaired) electrons. The Balaban J connectivity index is 2.11. The third kappa shape index (κ3) is 2.16. The molecule has 1 aromatic rings. The molecule has 1 aliphatic rings. The first-order valence-corrected chi connectivity index (χ1v) is 5.79. The third-order valence-electron chi connectivity index (χ3n) is 3.39. The zero-order valence-electron chi connectivity index (χ0n) is 10.6. The minimum Gasteiger partial charge on any atom is -0.339 e. The predicted octanol–water partition coefficient (Wildman–Crippen LogP) is 1.23. The lowest BCUT2D eigenvalue weighted by molar-refractivity contribution is 0.315. The molecule has 1 unspecified atom stereocenters. The van der Waals surface area contributed by atoms with Gasteiger partial charge in [0.25, 0.3) is 0 Å². The van der Waals surface area contributed by atoms with Crippen LogP contribution >= 0.6 is 0 Å². The van der Waals surface area contributed by atoms with Gasteiger partial charge in [-0.1, -0.05) is 0 Å². The number of anilines is 1. The molecule has 4 nitrogen and oxygen atoms in total. The van der Waals surface area contributed by atoms with E-state index < -0.39 is 0 Å². The molecule has 1 atom stereocenters. The lowest BCUT2D eigenvalue weighted by atomic mass is 10.2. The molecule has 16 heavy (non-hydrogen) atoms. The second kappa shape index (κ2) is 4.37. The van der Waals surface area contributed by atoms with Gasteiger partial charge in [-0.3, -0.25) is 0 Å². The Hall–Kier alpha value is -1.16. The summed E-state index contributed by atoms with van der Waals surface area (Å²) in [5, 5.41) is 0. The molecule has 1 aliphatic heterocycles. The fourth-order valence-corrected chi connectivity index (χ4v) is 2.01. The molecule has 2 heterocycles. The number of hydrogen-bond acceptors (Lipinski definition) is 4. The zero-order chi connectivity index (χ0) is 11.7. The van der Waals surface area contributed by atoms with Gasteiger partial charge in [-0.15, -0.1) is 0 Å². The average molecular weight is 220 g/mol. The monoisotopic (exact) mass is 220 g/mol. The molecule has 0 aliphatic carbocycles. The van der Waals surface area contributed by atoms with E-state index in [2.05, 4.69) is 33.9 Å². The predicted molar refractivity (Wildman–Crippen MR) is 65.8 cm³/mol. The van der Waals surface area contributed by atoms with Crippen LogP contribution in [-0.4, -0.2) is 48.1 Å². The molecule has 1 aromatic heterocycles. The normalized spacial score (nSPS) is 20.8. The molecule has 0 N–H and O–H groups in total. The van der Waals surface area contributed by atoms with Gasteiger partial charge in [0.05, 0.1) is 0 Å². The van der Waals surface area contributed by atoms with Crippen molar-refractivity contribution in [3.8, 4) is 0 Å². The minimum absolute atomic E-state index is 0.630. The summed E-state index contributed by atoms with van der Waals surface area (Å²) in [5.41, 5.74) is 2.24. The summed E-state index contributed by atoms with van der Waals surface area (Å²) in [6, 6.07) is 0.630. The average Bonchev–Trinajstić information content (AvgIpc) is 2.71. The van der Waals surface area contributed by atoms with E-state index in [9.17, 15) is 0 Å². The number of nitrogens with zero attached hydrogens (tertiary/aromatic N) is 4. The van der Waals surface area contributed by atoms with E-state index in [0.29, 0.717) is 6.04 Å². The molecule has 0 saturated carbocycles. The SMILES string of the molecule is Cc1cnc(N2CCC(N(C)C)C2)nc1C. The standard InChI is InChI=1S/C12H20N4/c1-9-7-13-12(14-10(9)2)16-6-5-11(8-16)15(3)4/h7,11H,5-6,8H2,1-4H3. The van der Waals surface area contributed by atoms with Crippen LogP contribution in [-0.2, 0) is 0 Å². The van der Waals surface area contributed by atoms with Crippen LogP contribution in [0.3, 0.4) is 0 Å². The smallest absolute Gasteiger partial charge is 0.225 e. The summed E-state index contributed by atoms with van der Waals surface area (Å²) in [7, 11) is 4.27. The van der Waals surface area contributed by atoms with E-state index in [1.807, 2.05) is 20.0 Å². The number of rotatable bonds is 2. The Morgan fingerprint density at radius 2 is 2.12 bits per heavy atom. The number of likely N-dealkylation sites (N-methyl/N-ethyl adjacent to an activating group) is 1. The molecule has 0 amide bonds. The van der Waals surface area contributed by atoms with E-state index in [1.165, 1.54) is 6.42 Å². The second-order valence-corrected chi connectivity index (χ2v) is 4.79. The third-order valence-corrected chi connectivity index (χ3v) is 3.39. The Bertz CT molecular complexity index is 375. The number of aromatic nitrogens is 2. The molecule has 1 saturated heterocycles. The van der Waals surface area contributed by atoms with Gasteiger partial charge in [0.1, 0.15) is 0 Å². The fraction of sp³-hybridized carbons (Fsp3) is 0.667. The summed E-state index contributed by atoms with van der Waals surface area (Å²) < 4.78 is 0. The highest BCUT2D eigenvalue weighted by atomic mass is 15.3. The van der Waals surface area contributed by atoms with Crippen LogP contribution in [0.1, 0.15) is 17.7 Å². The van der Waals surface area contributed by atoms with Crippen molar-refractivity contribution < 1.29 is 0 Å². The van der Waals surface area contributed by atoms with Gasteiger partial charge < -0.3 is 9.80 Å². The summed E-state index contributed by atoms with van der Waals surface area (Å²) in [6.45, 7) is 6.19. The Labute approximate surface area is 97.3 Å². The van der Waals surface area contributed by atoms with Gasteiger partial charge >= 0.3 is 0 Å². The van der Waals surface area contributed by atoms with Gasteiger partial charge in [0.2, 0.25) is 5.95 Å². The minimum atomic E-state index is 0.630. The van der Waals surface area contributed by atoms with Crippen molar-refractivity contribution in [3.05, 3.63) is 17.5 Å². The van der Waals surface area contributed by atoms with Crippen molar-refractivity contribution in [1.29, 1.82) is 0 Å². The lowest BCUT2D eigenvalue weighted by Gasteiger charge is -2.20. The van der Waals surface area contributed by atoms with E-state index in [-0.39, 0.29) is 0 Å². The quantitative estimate of drug-likeness (QED) is 0.750. The maximum Gasteiger partial charge on any atom is 0.225 e. The summed E-state index contributed by atoms with van der Waals surface area (Å²) in [6.07, 6.45) is 3.12. The van der Waals surface area contributed by atoms with Crippen LogP contribution in [0.2, 0.25) is 0 Å². The van der Waals surface area contributed by atoms with Crippen LogP contribution in [0.5, 0.6) is 0 Å². The molecule has 0 bridgehead atoms.